The van der Waals surface area contributed by atoms with Gasteiger partial charge in [-0.2, -0.15) is 18.3 Å². The maximum atomic E-state index is 14.2. The second-order valence-corrected chi connectivity index (χ2v) is 7.62. The molecule has 4 N–H and O–H groups in total. The highest BCUT2D eigenvalue weighted by molar-refractivity contribution is 6.15. The molecule has 2 aromatic carbocycles. The average Bonchev–Trinajstić information content (AvgIpc) is 3.11. The minimum atomic E-state index is -5.09. The van der Waals surface area contributed by atoms with E-state index in [9.17, 15) is 31.5 Å². The fourth-order valence-electron chi connectivity index (χ4n) is 3.92. The molecule has 0 atom stereocenters. The van der Waals surface area contributed by atoms with Gasteiger partial charge in [-0.3, -0.25) is 14.3 Å². The van der Waals surface area contributed by atoms with E-state index in [-0.39, 0.29) is 16.6 Å². The summed E-state index contributed by atoms with van der Waals surface area (Å²) in [6.45, 7) is 0.493. The zero-order valence-electron chi connectivity index (χ0n) is 18.0. The molecule has 4 rings (SSSR count). The zero-order chi connectivity index (χ0) is 25.7. The van der Waals surface area contributed by atoms with E-state index in [1.807, 2.05) is 0 Å². The quantitative estimate of drug-likeness (QED) is 0.413. The monoisotopic (exact) mass is 489 g/mol. The molecule has 0 saturated heterocycles. The van der Waals surface area contributed by atoms with E-state index in [4.69, 9.17) is 11.5 Å². The van der Waals surface area contributed by atoms with Gasteiger partial charge in [0, 0.05) is 27.8 Å². The average molecular weight is 489 g/mol. The fraction of sp³-hybridized carbons (Fsp3) is 0.130. The van der Waals surface area contributed by atoms with Crippen molar-refractivity contribution in [1.29, 1.82) is 0 Å². The van der Waals surface area contributed by atoms with Crippen molar-refractivity contribution in [1.82, 2.24) is 14.8 Å². The molecule has 2 amide bonds. The summed E-state index contributed by atoms with van der Waals surface area (Å²) in [5, 5.41) is 3.63. The van der Waals surface area contributed by atoms with Crippen LogP contribution in [0.2, 0.25) is 0 Å². The third-order valence-electron chi connectivity index (χ3n) is 5.47. The molecule has 0 saturated carbocycles. The van der Waals surface area contributed by atoms with Crippen molar-refractivity contribution in [2.75, 3.05) is 0 Å². The molecule has 0 aliphatic rings. The molecule has 2 heterocycles. The lowest BCUT2D eigenvalue weighted by Gasteiger charge is -2.16. The number of aromatic nitrogens is 3. The predicted molar refractivity (Wildman–Crippen MR) is 115 cm³/mol. The maximum Gasteiger partial charge on any atom is 0.435 e. The molecular weight excluding hydrogens is 473 g/mol. The number of benzene rings is 2. The van der Waals surface area contributed by atoms with Crippen molar-refractivity contribution in [2.45, 2.75) is 19.6 Å². The van der Waals surface area contributed by atoms with Gasteiger partial charge in [-0.25, -0.2) is 13.8 Å². The van der Waals surface area contributed by atoms with Crippen LogP contribution in [0.5, 0.6) is 0 Å². The number of hydrogen-bond donors (Lipinski definition) is 2. The Morgan fingerprint density at radius 1 is 0.943 bits per heavy atom. The zero-order valence-corrected chi connectivity index (χ0v) is 18.0. The number of fused-ring (bicyclic) bond motifs is 1. The maximum absolute atomic E-state index is 14.2. The Bertz CT molecular complexity index is 1490. The van der Waals surface area contributed by atoms with Crippen LogP contribution in [-0.4, -0.2) is 26.6 Å². The van der Waals surface area contributed by atoms with Gasteiger partial charge in [0.2, 0.25) is 5.91 Å². The number of carbonyl (C=O) groups is 2. The molecule has 4 aromatic rings. The number of rotatable bonds is 5. The van der Waals surface area contributed by atoms with Crippen molar-refractivity contribution < 1.29 is 31.5 Å². The first-order valence-electron chi connectivity index (χ1n) is 10.0. The Balaban J connectivity index is 2.11. The van der Waals surface area contributed by atoms with Gasteiger partial charge in [-0.05, 0) is 25.1 Å². The highest BCUT2D eigenvalue weighted by Crippen LogP contribution is 2.42. The highest BCUT2D eigenvalue weighted by Gasteiger charge is 2.41. The van der Waals surface area contributed by atoms with E-state index in [1.165, 1.54) is 31.2 Å². The molecule has 0 fully saturated rings. The molecule has 0 aliphatic carbocycles. The summed E-state index contributed by atoms with van der Waals surface area (Å²) >= 11 is 0. The summed E-state index contributed by atoms with van der Waals surface area (Å²) in [5.41, 5.74) is 6.47. The van der Waals surface area contributed by atoms with Gasteiger partial charge in [-0.1, -0.05) is 24.3 Å². The normalized spacial score (nSPS) is 11.7. The molecule has 35 heavy (non-hydrogen) atoms. The largest absolute Gasteiger partial charge is 0.435 e. The number of pyridine rings is 1. The molecule has 7 nitrogen and oxygen atoms in total. The first-order chi connectivity index (χ1) is 16.4. The Hall–Kier alpha value is -4.35. The second-order valence-electron chi connectivity index (χ2n) is 7.62. The number of nitrogens with zero attached hydrogens (tertiary/aromatic N) is 3. The first-order valence-corrected chi connectivity index (χ1v) is 10.0. The van der Waals surface area contributed by atoms with Crippen LogP contribution in [0.15, 0.2) is 42.5 Å². The van der Waals surface area contributed by atoms with Gasteiger partial charge in [0.15, 0.2) is 5.69 Å². The number of carbonyl (C=O) groups excluding carboxylic acids is 2. The smallest absolute Gasteiger partial charge is 0.366 e. The summed E-state index contributed by atoms with van der Waals surface area (Å²) < 4.78 is 71.5. The summed E-state index contributed by atoms with van der Waals surface area (Å²) in [6, 6.07) is 8.89. The predicted octanol–water partition coefficient (Wildman–Crippen LogP) is 3.95. The van der Waals surface area contributed by atoms with Crippen LogP contribution in [0.25, 0.3) is 22.0 Å². The lowest BCUT2D eigenvalue weighted by atomic mass is 9.92. The summed E-state index contributed by atoms with van der Waals surface area (Å²) in [5.74, 6) is -4.33. The molecule has 2 aromatic heterocycles. The van der Waals surface area contributed by atoms with E-state index >= 15 is 0 Å². The molecule has 180 valence electrons. The van der Waals surface area contributed by atoms with E-state index in [0.29, 0.717) is 0 Å². The third kappa shape index (κ3) is 4.07. The summed E-state index contributed by atoms with van der Waals surface area (Å²) in [4.78, 5) is 28.8. The van der Waals surface area contributed by atoms with Gasteiger partial charge in [0.25, 0.3) is 5.91 Å². The van der Waals surface area contributed by atoms with Crippen LogP contribution in [0.3, 0.4) is 0 Å². The van der Waals surface area contributed by atoms with Crippen LogP contribution >= 0.6 is 0 Å². The Labute approximate surface area is 194 Å². The van der Waals surface area contributed by atoms with Crippen LogP contribution in [0.4, 0.5) is 22.0 Å². The van der Waals surface area contributed by atoms with Gasteiger partial charge in [0.05, 0.1) is 17.6 Å². The van der Waals surface area contributed by atoms with Gasteiger partial charge in [0.1, 0.15) is 17.3 Å². The first kappa shape index (κ1) is 23.8. The number of alkyl halides is 3. The molecule has 0 spiro atoms. The van der Waals surface area contributed by atoms with Gasteiger partial charge in [-0.15, -0.1) is 0 Å². The van der Waals surface area contributed by atoms with Gasteiger partial charge >= 0.3 is 6.18 Å². The van der Waals surface area contributed by atoms with Crippen molar-refractivity contribution >= 4 is 22.7 Å². The van der Waals surface area contributed by atoms with Crippen molar-refractivity contribution in [2.24, 2.45) is 11.5 Å². The minimum absolute atomic E-state index is 0.0837. The minimum Gasteiger partial charge on any atom is -0.366 e. The standard InChI is InChI=1S/C23H16F5N5O2/c1-10-16(18-17(21(29)34)11-5-2-3-8-15(11)31-19(18)22(30)35)20(23(26,27)28)32-33(10)9-12-13(24)6-4-7-14(12)25/h2-8H,9H2,1H3,(H2,29,34)(H2,30,35). The van der Waals surface area contributed by atoms with Crippen LogP contribution in [0.1, 0.15) is 37.8 Å². The van der Waals surface area contributed by atoms with E-state index in [0.717, 1.165) is 22.9 Å². The van der Waals surface area contributed by atoms with Crippen molar-refractivity contribution in [3.8, 4) is 11.1 Å². The molecule has 0 unspecified atom stereocenters. The molecule has 0 aliphatic heterocycles. The lowest BCUT2D eigenvalue weighted by molar-refractivity contribution is -0.141. The number of primary amides is 2. The third-order valence-corrected chi connectivity index (χ3v) is 5.47. The molecular formula is C23H16F5N5O2. The fourth-order valence-corrected chi connectivity index (χ4v) is 3.92. The molecule has 0 radical (unpaired) electrons. The van der Waals surface area contributed by atoms with Crippen molar-refractivity contribution in [3.05, 3.63) is 82.3 Å². The number of hydrogen-bond acceptors (Lipinski definition) is 4. The Morgan fingerprint density at radius 2 is 1.57 bits per heavy atom. The van der Waals surface area contributed by atoms with Crippen molar-refractivity contribution in [3.63, 3.8) is 0 Å². The van der Waals surface area contributed by atoms with Gasteiger partial charge < -0.3 is 11.5 Å². The Kier molecular flexibility index (Phi) is 5.75. The number of amides is 2. The van der Waals surface area contributed by atoms with Crippen LogP contribution in [-0.2, 0) is 12.7 Å². The van der Waals surface area contributed by atoms with E-state index < -0.39 is 69.8 Å². The molecule has 0 bridgehead atoms. The Morgan fingerprint density at radius 3 is 2.14 bits per heavy atom. The lowest BCUT2D eigenvalue weighted by Crippen LogP contribution is -2.21. The molecule has 12 heteroatoms. The number of para-hydroxylation sites is 1. The van der Waals surface area contributed by atoms with Crippen LogP contribution in [0, 0.1) is 18.6 Å². The topological polar surface area (TPSA) is 117 Å². The SMILES string of the molecule is Cc1c(-c2c(C(N)=O)nc3ccccc3c2C(N)=O)c(C(F)(F)F)nn1Cc1c(F)cccc1F. The number of nitrogens with two attached hydrogens (primary N) is 2. The van der Waals surface area contributed by atoms with E-state index in [2.05, 4.69) is 10.1 Å². The van der Waals surface area contributed by atoms with E-state index in [1.54, 1.807) is 0 Å². The highest BCUT2D eigenvalue weighted by atomic mass is 19.4. The van der Waals surface area contributed by atoms with Crippen LogP contribution < -0.4 is 11.5 Å². The summed E-state index contributed by atoms with van der Waals surface area (Å²) in [7, 11) is 0. The summed E-state index contributed by atoms with van der Waals surface area (Å²) in [6.07, 6.45) is -5.09. The number of halogens is 5. The second kappa shape index (κ2) is 8.46.